The van der Waals surface area contributed by atoms with E-state index in [9.17, 15) is 0 Å². The Morgan fingerprint density at radius 1 is 1.08 bits per heavy atom. The molecular weight excluding hydrogens is 448 g/mol. The highest BCUT2D eigenvalue weighted by molar-refractivity contribution is 5.25. The minimum Gasteiger partial charge on any atom is -0.401 e. The molecule has 0 heterocycles. The average Bonchev–Trinajstić information content (AvgIpc) is 3.20. The van der Waals surface area contributed by atoms with Crippen LogP contribution in [0, 0.1) is 52.3 Å². The fourth-order valence-electron chi connectivity index (χ4n) is 10.0. The van der Waals surface area contributed by atoms with E-state index in [0.717, 1.165) is 60.0 Å². The van der Waals surface area contributed by atoms with E-state index in [1.807, 2.05) is 18.8 Å². The van der Waals surface area contributed by atoms with Crippen molar-refractivity contribution in [2.24, 2.45) is 58.0 Å². The molecule has 4 aliphatic carbocycles. The van der Waals surface area contributed by atoms with Crippen LogP contribution >= 0.6 is 0 Å². The van der Waals surface area contributed by atoms with Gasteiger partial charge in [0.25, 0.3) is 0 Å². The molecule has 2 heteroatoms. The van der Waals surface area contributed by atoms with Crippen LogP contribution in [0.5, 0.6) is 0 Å². The van der Waals surface area contributed by atoms with Crippen LogP contribution in [0.3, 0.4) is 0 Å². The molecule has 0 saturated heterocycles. The summed E-state index contributed by atoms with van der Waals surface area (Å²) in [5.41, 5.74) is 11.3. The SMILES string of the molecule is C=C(CC/C(N)=C/NC)CC1CCC2(C)C(=CCC3C2CCC2(C)C(C(C)CCCC(C)C)CCC32)C1. The lowest BCUT2D eigenvalue weighted by Crippen LogP contribution is -2.50. The second-order valence-corrected chi connectivity index (χ2v) is 14.9. The summed E-state index contributed by atoms with van der Waals surface area (Å²) >= 11 is 0. The normalized spacial score (nSPS) is 38.4. The molecule has 0 spiro atoms. The van der Waals surface area contributed by atoms with Gasteiger partial charge in [0.1, 0.15) is 0 Å². The summed E-state index contributed by atoms with van der Waals surface area (Å²) in [6.45, 7) is 17.2. The van der Waals surface area contributed by atoms with Gasteiger partial charge in [-0.1, -0.05) is 77.7 Å². The molecule has 4 aliphatic rings. The van der Waals surface area contributed by atoms with Crippen LogP contribution in [-0.2, 0) is 0 Å². The van der Waals surface area contributed by atoms with Gasteiger partial charge >= 0.3 is 0 Å². The predicted octanol–water partition coefficient (Wildman–Crippen LogP) is 9.39. The maximum atomic E-state index is 6.08. The second-order valence-electron chi connectivity index (χ2n) is 14.9. The van der Waals surface area contributed by atoms with E-state index in [1.165, 1.54) is 82.6 Å². The lowest BCUT2D eigenvalue weighted by Gasteiger charge is -2.58. The largest absolute Gasteiger partial charge is 0.401 e. The lowest BCUT2D eigenvalue weighted by molar-refractivity contribution is -0.0527. The number of hydrogen-bond acceptors (Lipinski definition) is 2. The van der Waals surface area contributed by atoms with Crippen molar-refractivity contribution < 1.29 is 0 Å². The van der Waals surface area contributed by atoms with Gasteiger partial charge in [0.05, 0.1) is 0 Å². The average molecular weight is 509 g/mol. The van der Waals surface area contributed by atoms with Crippen LogP contribution in [0.4, 0.5) is 0 Å². The summed E-state index contributed by atoms with van der Waals surface area (Å²) in [6.07, 6.45) is 23.5. The fourth-order valence-corrected chi connectivity index (χ4v) is 10.0. The second kappa shape index (κ2) is 11.9. The molecule has 4 rings (SSSR count). The first kappa shape index (κ1) is 28.8. The number of allylic oxidation sites excluding steroid dienone is 4. The van der Waals surface area contributed by atoms with Crippen LogP contribution in [0.1, 0.15) is 125 Å². The van der Waals surface area contributed by atoms with Crippen molar-refractivity contribution in [3.05, 3.63) is 35.7 Å². The van der Waals surface area contributed by atoms with E-state index >= 15 is 0 Å². The van der Waals surface area contributed by atoms with E-state index in [-0.39, 0.29) is 0 Å². The fraction of sp³-hybridized carbons (Fsp3) is 0.829. The van der Waals surface area contributed by atoms with E-state index in [0.29, 0.717) is 10.8 Å². The Bertz CT molecular complexity index is 851. The Labute approximate surface area is 230 Å². The van der Waals surface area contributed by atoms with Crippen LogP contribution in [0.2, 0.25) is 0 Å². The first-order chi connectivity index (χ1) is 17.6. The molecular formula is C35H60N2. The van der Waals surface area contributed by atoms with Gasteiger partial charge in [-0.05, 0) is 123 Å². The highest BCUT2D eigenvalue weighted by Gasteiger charge is 2.59. The molecule has 3 fully saturated rings. The smallest absolute Gasteiger partial charge is 0.0243 e. The van der Waals surface area contributed by atoms with Crippen LogP contribution < -0.4 is 11.1 Å². The van der Waals surface area contributed by atoms with E-state index in [2.05, 4.69) is 52.6 Å². The van der Waals surface area contributed by atoms with Gasteiger partial charge in [-0.15, -0.1) is 0 Å². The van der Waals surface area contributed by atoms with Gasteiger partial charge in [-0.2, -0.15) is 0 Å². The molecule has 0 aliphatic heterocycles. The molecule has 8 unspecified atom stereocenters. The van der Waals surface area contributed by atoms with E-state index in [4.69, 9.17) is 5.73 Å². The number of nitrogens with two attached hydrogens (primary N) is 1. The van der Waals surface area contributed by atoms with Crippen molar-refractivity contribution in [1.82, 2.24) is 5.32 Å². The molecule has 0 aromatic carbocycles. The van der Waals surface area contributed by atoms with Crippen LogP contribution in [0.25, 0.3) is 0 Å². The Morgan fingerprint density at radius 3 is 2.59 bits per heavy atom. The molecule has 3 saturated carbocycles. The summed E-state index contributed by atoms with van der Waals surface area (Å²) in [5, 5.41) is 3.04. The van der Waals surface area contributed by atoms with Gasteiger partial charge in [-0.3, -0.25) is 0 Å². The Morgan fingerprint density at radius 2 is 1.86 bits per heavy atom. The predicted molar refractivity (Wildman–Crippen MR) is 161 cm³/mol. The van der Waals surface area contributed by atoms with Gasteiger partial charge in [0.2, 0.25) is 0 Å². The number of fused-ring (bicyclic) bond motifs is 5. The first-order valence-electron chi connectivity index (χ1n) is 16.1. The van der Waals surface area contributed by atoms with E-state index in [1.54, 1.807) is 0 Å². The standard InChI is InChI=1S/C35H60N2/c1-24(2)9-8-10-26(4)31-15-16-32-30-14-12-28-22-27(21-25(3)11-13-29(36)23-37-7)17-19-34(28,5)33(30)18-20-35(31,32)6/h12,23-24,26-27,30-33,37H,3,8-11,13-22,36H2,1-2,4-7H3/b29-23-. The van der Waals surface area contributed by atoms with Gasteiger partial charge in [0.15, 0.2) is 0 Å². The maximum absolute atomic E-state index is 6.08. The Kier molecular flexibility index (Phi) is 9.28. The summed E-state index contributed by atoms with van der Waals surface area (Å²) in [6, 6.07) is 0. The molecule has 8 atom stereocenters. The van der Waals surface area contributed by atoms with Crippen molar-refractivity contribution in [2.75, 3.05) is 7.05 Å². The van der Waals surface area contributed by atoms with Crippen LogP contribution in [0.15, 0.2) is 35.7 Å². The third kappa shape index (κ3) is 6.04. The molecule has 37 heavy (non-hydrogen) atoms. The van der Waals surface area contributed by atoms with Gasteiger partial charge in [-0.25, -0.2) is 0 Å². The summed E-state index contributed by atoms with van der Waals surface area (Å²) in [7, 11) is 1.91. The van der Waals surface area contributed by atoms with Crippen molar-refractivity contribution in [1.29, 1.82) is 0 Å². The molecule has 0 bridgehead atoms. The number of nitrogens with one attached hydrogen (secondary N) is 1. The first-order valence-corrected chi connectivity index (χ1v) is 16.1. The number of rotatable bonds is 11. The number of hydrogen-bond donors (Lipinski definition) is 2. The zero-order valence-electron chi connectivity index (χ0n) is 25.4. The molecule has 2 nitrogen and oxygen atoms in total. The van der Waals surface area contributed by atoms with Gasteiger partial charge < -0.3 is 11.1 Å². The third-order valence-corrected chi connectivity index (χ3v) is 12.1. The van der Waals surface area contributed by atoms with Crippen molar-refractivity contribution >= 4 is 0 Å². The minimum absolute atomic E-state index is 0.461. The molecule has 0 radical (unpaired) electrons. The monoisotopic (exact) mass is 508 g/mol. The zero-order valence-corrected chi connectivity index (χ0v) is 25.4. The third-order valence-electron chi connectivity index (χ3n) is 12.1. The van der Waals surface area contributed by atoms with Gasteiger partial charge in [0, 0.05) is 18.9 Å². The summed E-state index contributed by atoms with van der Waals surface area (Å²) in [5.74, 6) is 6.34. The maximum Gasteiger partial charge on any atom is 0.0243 e. The van der Waals surface area contributed by atoms with E-state index < -0.39 is 0 Å². The van der Waals surface area contributed by atoms with Crippen molar-refractivity contribution in [2.45, 2.75) is 125 Å². The minimum atomic E-state index is 0.461. The highest BCUT2D eigenvalue weighted by Crippen LogP contribution is 2.67. The Balaban J connectivity index is 1.37. The highest BCUT2D eigenvalue weighted by atomic mass is 14.8. The Hall–Kier alpha value is -1.18. The zero-order chi connectivity index (χ0) is 26.8. The molecule has 0 aromatic rings. The summed E-state index contributed by atoms with van der Waals surface area (Å²) in [4.78, 5) is 0. The van der Waals surface area contributed by atoms with Crippen LogP contribution in [-0.4, -0.2) is 7.05 Å². The quantitative estimate of drug-likeness (QED) is 0.273. The lowest BCUT2D eigenvalue weighted by atomic mass is 9.46. The van der Waals surface area contributed by atoms with Crippen molar-refractivity contribution in [3.8, 4) is 0 Å². The topological polar surface area (TPSA) is 38.0 Å². The molecule has 0 aromatic heterocycles. The molecule has 0 amide bonds. The summed E-state index contributed by atoms with van der Waals surface area (Å²) < 4.78 is 0. The molecule has 3 N–H and O–H groups in total. The van der Waals surface area contributed by atoms with Crippen molar-refractivity contribution in [3.63, 3.8) is 0 Å². The molecule has 210 valence electrons.